The van der Waals surface area contributed by atoms with E-state index < -0.39 is 18.0 Å². The summed E-state index contributed by atoms with van der Waals surface area (Å²) in [4.78, 5) is 24.9. The van der Waals surface area contributed by atoms with Crippen molar-refractivity contribution < 1.29 is 24.2 Å². The second-order valence-corrected chi connectivity index (χ2v) is 7.64. The van der Waals surface area contributed by atoms with Crippen molar-refractivity contribution in [2.45, 2.75) is 53.7 Å². The second kappa shape index (κ2) is 7.90. The Morgan fingerprint density at radius 3 is 2.59 bits per heavy atom. The van der Waals surface area contributed by atoms with Gasteiger partial charge in [0, 0.05) is 5.70 Å². The molecule has 2 atom stereocenters. The van der Waals surface area contributed by atoms with E-state index in [2.05, 4.69) is 10.6 Å². The lowest BCUT2D eigenvalue weighted by molar-refractivity contribution is -0.149. The van der Waals surface area contributed by atoms with Gasteiger partial charge in [0.25, 0.3) is 0 Å². The van der Waals surface area contributed by atoms with Crippen LogP contribution in [0.15, 0.2) is 29.5 Å². The van der Waals surface area contributed by atoms with Crippen molar-refractivity contribution in [3.63, 3.8) is 0 Å². The quantitative estimate of drug-likeness (QED) is 0.685. The zero-order valence-corrected chi connectivity index (χ0v) is 16.7. The summed E-state index contributed by atoms with van der Waals surface area (Å²) in [5.74, 6) is -0.221. The van der Waals surface area contributed by atoms with Gasteiger partial charge in [-0.3, -0.25) is 0 Å². The van der Waals surface area contributed by atoms with Crippen LogP contribution in [-0.4, -0.2) is 29.8 Å². The summed E-state index contributed by atoms with van der Waals surface area (Å²) in [6, 6.07) is 3.61. The Morgan fingerprint density at radius 1 is 1.33 bits per heavy atom. The van der Waals surface area contributed by atoms with Crippen LogP contribution >= 0.6 is 0 Å². The molecular weight excluding hydrogens is 348 g/mol. The molecule has 1 aliphatic rings. The number of aromatic hydroxyl groups is 1. The molecule has 7 heteroatoms. The highest BCUT2D eigenvalue weighted by atomic mass is 16.5. The van der Waals surface area contributed by atoms with Crippen molar-refractivity contribution in [3.05, 3.63) is 35.0 Å². The molecule has 0 saturated carbocycles. The van der Waals surface area contributed by atoms with Crippen LogP contribution in [0, 0.1) is 5.41 Å². The lowest BCUT2D eigenvalue weighted by Crippen LogP contribution is -2.46. The molecule has 0 bridgehead atoms. The van der Waals surface area contributed by atoms with E-state index in [1.807, 2.05) is 27.7 Å². The first-order valence-electron chi connectivity index (χ1n) is 8.99. The van der Waals surface area contributed by atoms with E-state index in [4.69, 9.17) is 9.47 Å². The molecule has 0 radical (unpaired) electrons. The van der Waals surface area contributed by atoms with Crippen molar-refractivity contribution in [1.29, 1.82) is 0 Å². The summed E-state index contributed by atoms with van der Waals surface area (Å²) >= 11 is 0. The molecule has 0 unspecified atom stereocenters. The fraction of sp³-hybridized carbons (Fsp3) is 0.500. The fourth-order valence-corrected chi connectivity index (χ4v) is 2.60. The number of ether oxygens (including phenoxy) is 2. The van der Waals surface area contributed by atoms with Crippen LogP contribution in [0.2, 0.25) is 0 Å². The minimum atomic E-state index is -0.710. The van der Waals surface area contributed by atoms with E-state index in [1.54, 1.807) is 26.0 Å². The number of allylic oxidation sites excluding steroid dienone is 1. The van der Waals surface area contributed by atoms with Gasteiger partial charge in [0.05, 0.1) is 18.2 Å². The number of hydrogen-bond acceptors (Lipinski definition) is 5. The number of esters is 1. The van der Waals surface area contributed by atoms with Gasteiger partial charge in [0.2, 0.25) is 0 Å². The van der Waals surface area contributed by atoms with Crippen LogP contribution in [0.25, 0.3) is 0 Å². The minimum absolute atomic E-state index is 0.00737. The number of phenolic OH excluding ortho intramolecular Hbond substituents is 1. The Labute approximate surface area is 159 Å². The highest BCUT2D eigenvalue weighted by Crippen LogP contribution is 2.34. The standard InChI is InChI=1S/C20H28N2O5/c1-7-26-15-10-13(8-9-14(15)23)17-16(11(2)21-19(25)22-17)18(24)27-12(3)20(4,5)6/h8-10,12,17,23H,7H2,1-6H3,(H2,21,22,25)/t12-,17+/m1/s1. The highest BCUT2D eigenvalue weighted by Gasteiger charge is 2.35. The topological polar surface area (TPSA) is 96.9 Å². The summed E-state index contributed by atoms with van der Waals surface area (Å²) < 4.78 is 11.1. The van der Waals surface area contributed by atoms with Gasteiger partial charge in [-0.25, -0.2) is 9.59 Å². The summed E-state index contributed by atoms with van der Waals surface area (Å²) in [5.41, 5.74) is 1.14. The molecule has 1 aliphatic heterocycles. The monoisotopic (exact) mass is 376 g/mol. The van der Waals surface area contributed by atoms with Crippen LogP contribution in [0.3, 0.4) is 0 Å². The maximum absolute atomic E-state index is 12.9. The molecule has 7 nitrogen and oxygen atoms in total. The Morgan fingerprint density at radius 2 is 2.00 bits per heavy atom. The third-order valence-electron chi connectivity index (χ3n) is 4.61. The van der Waals surface area contributed by atoms with E-state index in [1.165, 1.54) is 6.07 Å². The average molecular weight is 376 g/mol. The number of hydrogen-bond donors (Lipinski definition) is 3. The Balaban J connectivity index is 2.41. The van der Waals surface area contributed by atoms with Crippen LogP contribution < -0.4 is 15.4 Å². The Kier molecular flexibility index (Phi) is 6.03. The van der Waals surface area contributed by atoms with E-state index >= 15 is 0 Å². The summed E-state index contributed by atoms with van der Waals surface area (Å²) in [7, 11) is 0. The van der Waals surface area contributed by atoms with E-state index in [0.29, 0.717) is 23.4 Å². The van der Waals surface area contributed by atoms with Gasteiger partial charge in [-0.05, 0) is 43.9 Å². The van der Waals surface area contributed by atoms with Crippen molar-refractivity contribution in [2.75, 3.05) is 6.61 Å². The minimum Gasteiger partial charge on any atom is -0.504 e. The molecule has 27 heavy (non-hydrogen) atoms. The predicted octanol–water partition coefficient (Wildman–Crippen LogP) is 3.40. The summed E-state index contributed by atoms with van der Waals surface area (Å²) in [6.45, 7) is 11.6. The number of urea groups is 1. The first-order chi connectivity index (χ1) is 12.5. The molecule has 1 aromatic carbocycles. The third kappa shape index (κ3) is 4.72. The number of nitrogens with one attached hydrogen (secondary N) is 2. The first kappa shape index (κ1) is 20.6. The van der Waals surface area contributed by atoms with Gasteiger partial charge in [-0.15, -0.1) is 0 Å². The predicted molar refractivity (Wildman–Crippen MR) is 101 cm³/mol. The molecule has 2 amide bonds. The molecule has 0 fully saturated rings. The van der Waals surface area contributed by atoms with Crippen LogP contribution in [-0.2, 0) is 9.53 Å². The second-order valence-electron chi connectivity index (χ2n) is 7.64. The molecule has 3 N–H and O–H groups in total. The molecule has 0 saturated heterocycles. The number of carbonyl (C=O) groups is 2. The molecule has 0 aromatic heterocycles. The van der Waals surface area contributed by atoms with Crippen LogP contribution in [0.1, 0.15) is 53.1 Å². The SMILES string of the molecule is CCOc1cc([C@@H]2NC(=O)NC(C)=C2C(=O)O[C@H](C)C(C)(C)C)ccc1O. The zero-order chi connectivity index (χ0) is 20.4. The van der Waals surface area contributed by atoms with Gasteiger partial charge >= 0.3 is 12.0 Å². The number of benzene rings is 1. The maximum Gasteiger partial charge on any atom is 0.338 e. The molecule has 1 heterocycles. The number of rotatable bonds is 5. The van der Waals surface area contributed by atoms with Gasteiger partial charge in [0.15, 0.2) is 11.5 Å². The van der Waals surface area contributed by atoms with Crippen molar-refractivity contribution >= 4 is 12.0 Å². The Hall–Kier alpha value is -2.70. The zero-order valence-electron chi connectivity index (χ0n) is 16.7. The molecule has 2 rings (SSSR count). The van der Waals surface area contributed by atoms with E-state index in [0.717, 1.165) is 0 Å². The van der Waals surface area contributed by atoms with Gasteiger partial charge in [0.1, 0.15) is 6.10 Å². The normalized spacial score (nSPS) is 18.4. The molecular formula is C20H28N2O5. The van der Waals surface area contributed by atoms with E-state index in [-0.39, 0.29) is 23.0 Å². The van der Waals surface area contributed by atoms with Gasteiger partial charge in [-0.2, -0.15) is 0 Å². The van der Waals surface area contributed by atoms with Crippen molar-refractivity contribution in [1.82, 2.24) is 10.6 Å². The number of amides is 2. The van der Waals surface area contributed by atoms with E-state index in [9.17, 15) is 14.7 Å². The lowest BCUT2D eigenvalue weighted by atomic mass is 9.90. The van der Waals surface area contributed by atoms with Crippen LogP contribution in [0.5, 0.6) is 11.5 Å². The van der Waals surface area contributed by atoms with Crippen LogP contribution in [0.4, 0.5) is 4.79 Å². The Bertz CT molecular complexity index is 764. The number of carbonyl (C=O) groups excluding carboxylic acids is 2. The first-order valence-corrected chi connectivity index (χ1v) is 8.99. The smallest absolute Gasteiger partial charge is 0.338 e. The van der Waals surface area contributed by atoms with Gasteiger partial charge in [-0.1, -0.05) is 26.8 Å². The molecule has 148 valence electrons. The molecule has 0 spiro atoms. The van der Waals surface area contributed by atoms with Crippen molar-refractivity contribution in [3.8, 4) is 11.5 Å². The molecule has 1 aromatic rings. The average Bonchev–Trinajstić information content (AvgIpc) is 2.55. The van der Waals surface area contributed by atoms with Gasteiger partial charge < -0.3 is 25.2 Å². The highest BCUT2D eigenvalue weighted by molar-refractivity contribution is 5.95. The summed E-state index contributed by atoms with van der Waals surface area (Å²) in [6.07, 6.45) is -0.317. The lowest BCUT2D eigenvalue weighted by Gasteiger charge is -2.31. The maximum atomic E-state index is 12.9. The third-order valence-corrected chi connectivity index (χ3v) is 4.61. The fourth-order valence-electron chi connectivity index (χ4n) is 2.60. The molecule has 0 aliphatic carbocycles. The number of phenols is 1. The summed E-state index contributed by atoms with van der Waals surface area (Å²) in [5, 5.41) is 15.3. The van der Waals surface area contributed by atoms with Crippen molar-refractivity contribution in [2.24, 2.45) is 5.41 Å². The largest absolute Gasteiger partial charge is 0.504 e.